The van der Waals surface area contributed by atoms with Gasteiger partial charge in [0.1, 0.15) is 17.3 Å². The summed E-state index contributed by atoms with van der Waals surface area (Å²) in [5.74, 6) is 1.93. The molecule has 4 rings (SSSR count). The SMILES string of the molecule is Cc1ccc2nc(CNc3cc(N)nc(N4CCCC4)n3)cn2c1. The molecule has 24 heavy (non-hydrogen) atoms. The standard InChI is InChI=1S/C17H21N7/c1-12-4-5-16-20-13(11-24(16)10-12)9-19-15-8-14(18)21-17(22-15)23-6-2-3-7-23/h4-5,8,10-11H,2-3,6-7,9H2,1H3,(H3,18,19,21,22). The zero-order valence-corrected chi connectivity index (χ0v) is 13.7. The number of rotatable bonds is 4. The molecule has 0 bridgehead atoms. The lowest BCUT2D eigenvalue weighted by Gasteiger charge is -2.16. The van der Waals surface area contributed by atoms with Crippen LogP contribution in [0.1, 0.15) is 24.1 Å². The van der Waals surface area contributed by atoms with Crippen LogP contribution < -0.4 is 16.0 Å². The molecule has 0 atom stereocenters. The number of imidazole rings is 1. The van der Waals surface area contributed by atoms with Crippen molar-refractivity contribution in [2.24, 2.45) is 0 Å². The average Bonchev–Trinajstić information content (AvgIpc) is 3.21. The molecular weight excluding hydrogens is 302 g/mol. The second kappa shape index (κ2) is 5.99. The molecule has 0 radical (unpaired) electrons. The Labute approximate surface area is 140 Å². The number of hydrogen-bond acceptors (Lipinski definition) is 6. The smallest absolute Gasteiger partial charge is 0.229 e. The summed E-state index contributed by atoms with van der Waals surface area (Å²) in [7, 11) is 0. The maximum atomic E-state index is 5.94. The van der Waals surface area contributed by atoms with Crippen molar-refractivity contribution < 1.29 is 0 Å². The van der Waals surface area contributed by atoms with Crippen LogP contribution in [0.4, 0.5) is 17.6 Å². The van der Waals surface area contributed by atoms with Crippen molar-refractivity contribution >= 4 is 23.2 Å². The zero-order valence-electron chi connectivity index (χ0n) is 13.7. The van der Waals surface area contributed by atoms with E-state index in [1.165, 1.54) is 18.4 Å². The fourth-order valence-electron chi connectivity index (χ4n) is 3.02. The first-order valence-electron chi connectivity index (χ1n) is 8.25. The third kappa shape index (κ3) is 2.97. The van der Waals surface area contributed by atoms with Crippen LogP contribution in [-0.4, -0.2) is 32.4 Å². The summed E-state index contributed by atoms with van der Waals surface area (Å²) >= 11 is 0. The van der Waals surface area contributed by atoms with Gasteiger partial charge >= 0.3 is 0 Å². The number of hydrogen-bond donors (Lipinski definition) is 2. The van der Waals surface area contributed by atoms with Gasteiger partial charge in [-0.2, -0.15) is 9.97 Å². The Kier molecular flexibility index (Phi) is 3.68. The highest BCUT2D eigenvalue weighted by molar-refractivity contribution is 5.51. The van der Waals surface area contributed by atoms with Crippen molar-refractivity contribution in [1.29, 1.82) is 0 Å². The van der Waals surface area contributed by atoms with Crippen LogP contribution in [-0.2, 0) is 6.54 Å². The lowest BCUT2D eigenvalue weighted by atomic mass is 10.3. The topological polar surface area (TPSA) is 84.4 Å². The first-order valence-corrected chi connectivity index (χ1v) is 8.25. The van der Waals surface area contributed by atoms with Gasteiger partial charge in [0.05, 0.1) is 12.2 Å². The predicted octanol–water partition coefficient (Wildman–Crippen LogP) is 2.23. The second-order valence-corrected chi connectivity index (χ2v) is 6.23. The van der Waals surface area contributed by atoms with Crippen LogP contribution in [0, 0.1) is 6.92 Å². The first-order chi connectivity index (χ1) is 11.7. The number of nitrogens with one attached hydrogen (secondary N) is 1. The number of nitrogen functional groups attached to an aromatic ring is 1. The molecule has 0 saturated carbocycles. The highest BCUT2D eigenvalue weighted by atomic mass is 15.3. The Morgan fingerprint density at radius 2 is 1.96 bits per heavy atom. The zero-order chi connectivity index (χ0) is 16.5. The van der Waals surface area contributed by atoms with E-state index in [1.807, 2.05) is 16.7 Å². The van der Waals surface area contributed by atoms with Crippen molar-refractivity contribution in [2.75, 3.05) is 29.0 Å². The highest BCUT2D eigenvalue weighted by Crippen LogP contribution is 2.20. The molecule has 7 heteroatoms. The van der Waals surface area contributed by atoms with Gasteiger partial charge in [-0.25, -0.2) is 4.98 Å². The predicted molar refractivity (Wildman–Crippen MR) is 95.1 cm³/mol. The Morgan fingerprint density at radius 3 is 2.79 bits per heavy atom. The van der Waals surface area contributed by atoms with Gasteiger partial charge < -0.3 is 20.4 Å². The quantitative estimate of drug-likeness (QED) is 0.766. The van der Waals surface area contributed by atoms with Crippen LogP contribution in [0.25, 0.3) is 5.65 Å². The summed E-state index contributed by atoms with van der Waals surface area (Å²) in [6, 6.07) is 5.85. The van der Waals surface area contributed by atoms with Gasteiger partial charge in [-0.3, -0.25) is 0 Å². The minimum absolute atomic E-state index is 0.486. The number of nitrogens with zero attached hydrogens (tertiary/aromatic N) is 5. The van der Waals surface area contributed by atoms with E-state index >= 15 is 0 Å². The molecule has 3 aromatic rings. The van der Waals surface area contributed by atoms with E-state index in [0.29, 0.717) is 18.3 Å². The molecule has 3 N–H and O–H groups in total. The van der Waals surface area contributed by atoms with E-state index in [-0.39, 0.29) is 0 Å². The van der Waals surface area contributed by atoms with Crippen LogP contribution in [0.15, 0.2) is 30.6 Å². The Morgan fingerprint density at radius 1 is 1.12 bits per heavy atom. The Balaban J connectivity index is 1.51. The monoisotopic (exact) mass is 323 g/mol. The van der Waals surface area contributed by atoms with E-state index in [0.717, 1.165) is 30.2 Å². The molecule has 0 spiro atoms. The Bertz CT molecular complexity index is 865. The van der Waals surface area contributed by atoms with Gasteiger partial charge in [0, 0.05) is 31.5 Å². The molecule has 1 aliphatic rings. The van der Waals surface area contributed by atoms with Gasteiger partial charge in [0.25, 0.3) is 0 Å². The van der Waals surface area contributed by atoms with Crippen molar-refractivity contribution in [3.05, 3.63) is 41.9 Å². The molecule has 124 valence electrons. The number of aryl methyl sites for hydroxylation is 1. The fourth-order valence-corrected chi connectivity index (χ4v) is 3.02. The number of fused-ring (bicyclic) bond motifs is 1. The fraction of sp³-hybridized carbons (Fsp3) is 0.353. The molecule has 0 aromatic carbocycles. The van der Waals surface area contributed by atoms with Gasteiger partial charge in [-0.15, -0.1) is 0 Å². The molecule has 1 fully saturated rings. The minimum Gasteiger partial charge on any atom is -0.383 e. The molecule has 0 unspecified atom stereocenters. The van der Waals surface area contributed by atoms with Crippen molar-refractivity contribution in [3.63, 3.8) is 0 Å². The van der Waals surface area contributed by atoms with E-state index in [1.54, 1.807) is 6.07 Å². The molecular formula is C17H21N7. The van der Waals surface area contributed by atoms with Gasteiger partial charge in [0.2, 0.25) is 5.95 Å². The lowest BCUT2D eigenvalue weighted by molar-refractivity contribution is 0.898. The van der Waals surface area contributed by atoms with Crippen molar-refractivity contribution in [1.82, 2.24) is 19.4 Å². The molecule has 7 nitrogen and oxygen atoms in total. The minimum atomic E-state index is 0.486. The summed E-state index contributed by atoms with van der Waals surface area (Å²) in [5.41, 5.74) is 9.04. The average molecular weight is 323 g/mol. The summed E-state index contributed by atoms with van der Waals surface area (Å²) in [5, 5.41) is 3.31. The van der Waals surface area contributed by atoms with Crippen LogP contribution in [0.5, 0.6) is 0 Å². The van der Waals surface area contributed by atoms with Crippen molar-refractivity contribution in [3.8, 4) is 0 Å². The molecule has 0 amide bonds. The largest absolute Gasteiger partial charge is 0.383 e. The maximum absolute atomic E-state index is 5.94. The molecule has 1 saturated heterocycles. The number of aromatic nitrogens is 4. The van der Waals surface area contributed by atoms with Crippen molar-refractivity contribution in [2.45, 2.75) is 26.3 Å². The number of anilines is 3. The van der Waals surface area contributed by atoms with Crippen LogP contribution in [0.2, 0.25) is 0 Å². The van der Waals surface area contributed by atoms with Crippen LogP contribution in [0.3, 0.4) is 0 Å². The lowest BCUT2D eigenvalue weighted by Crippen LogP contribution is -2.21. The number of pyridine rings is 1. The van der Waals surface area contributed by atoms with E-state index in [2.05, 4.69) is 44.4 Å². The Hall–Kier alpha value is -2.83. The maximum Gasteiger partial charge on any atom is 0.229 e. The third-order valence-corrected chi connectivity index (χ3v) is 4.22. The summed E-state index contributed by atoms with van der Waals surface area (Å²) < 4.78 is 2.04. The molecule has 0 aliphatic carbocycles. The van der Waals surface area contributed by atoms with E-state index < -0.39 is 0 Å². The van der Waals surface area contributed by atoms with Crippen LogP contribution >= 0.6 is 0 Å². The highest BCUT2D eigenvalue weighted by Gasteiger charge is 2.16. The van der Waals surface area contributed by atoms with Gasteiger partial charge in [0.15, 0.2) is 0 Å². The van der Waals surface area contributed by atoms with Gasteiger partial charge in [-0.05, 0) is 31.4 Å². The third-order valence-electron chi connectivity index (χ3n) is 4.22. The van der Waals surface area contributed by atoms with E-state index in [9.17, 15) is 0 Å². The summed E-state index contributed by atoms with van der Waals surface area (Å²) in [6.07, 6.45) is 6.46. The second-order valence-electron chi connectivity index (χ2n) is 6.23. The molecule has 3 aromatic heterocycles. The van der Waals surface area contributed by atoms with E-state index in [4.69, 9.17) is 5.73 Å². The number of nitrogens with two attached hydrogens (primary N) is 1. The summed E-state index contributed by atoms with van der Waals surface area (Å²) in [6.45, 7) is 4.65. The van der Waals surface area contributed by atoms with Gasteiger partial charge in [-0.1, -0.05) is 6.07 Å². The molecule has 1 aliphatic heterocycles. The summed E-state index contributed by atoms with van der Waals surface area (Å²) in [4.78, 5) is 15.7. The normalized spacial score (nSPS) is 14.5. The first kappa shape index (κ1) is 14.7. The molecule has 4 heterocycles.